The van der Waals surface area contributed by atoms with E-state index in [4.69, 9.17) is 4.74 Å². The molecule has 0 bridgehead atoms. The Morgan fingerprint density at radius 1 is 1.54 bits per heavy atom. The minimum absolute atomic E-state index is 0.0579. The van der Waals surface area contributed by atoms with E-state index in [1.165, 1.54) is 18.3 Å². The van der Waals surface area contributed by atoms with Crippen LogP contribution in [0.5, 0.6) is 5.88 Å². The highest BCUT2D eigenvalue weighted by molar-refractivity contribution is 5.77. The molecule has 1 saturated heterocycles. The average Bonchev–Trinajstić information content (AvgIpc) is 2.90. The third-order valence-corrected chi connectivity index (χ3v) is 4.18. The number of likely N-dealkylation sites (tertiary alicyclic amines) is 1. The molecule has 5 nitrogen and oxygen atoms in total. The third kappa shape index (κ3) is 5.12. The van der Waals surface area contributed by atoms with Crippen LogP contribution in [0.2, 0.25) is 0 Å². The largest absolute Gasteiger partial charge is 0.475 e. The van der Waals surface area contributed by atoms with Gasteiger partial charge < -0.3 is 15.0 Å². The quantitative estimate of drug-likeness (QED) is 0.829. The Morgan fingerprint density at radius 3 is 2.92 bits per heavy atom. The van der Waals surface area contributed by atoms with Crippen LogP contribution in [0.4, 0.5) is 8.78 Å². The minimum atomic E-state index is -2.65. The lowest BCUT2D eigenvalue weighted by Gasteiger charge is -2.28. The number of nitrogens with zero attached hydrogens (tertiary/aromatic N) is 2. The Hall–Kier alpha value is -1.76. The molecule has 1 aromatic heterocycles. The fourth-order valence-corrected chi connectivity index (χ4v) is 2.85. The molecule has 0 aliphatic carbocycles. The van der Waals surface area contributed by atoms with Gasteiger partial charge in [0.1, 0.15) is 6.61 Å². The molecule has 2 rings (SSSR count). The lowest BCUT2D eigenvalue weighted by molar-refractivity contribution is -0.124. The number of carbonyl (C=O) groups is 1. The molecule has 1 amide bonds. The maximum atomic E-state index is 12.9. The number of pyridine rings is 1. The van der Waals surface area contributed by atoms with Crippen molar-refractivity contribution in [3.8, 4) is 5.88 Å². The summed E-state index contributed by atoms with van der Waals surface area (Å²) in [5.74, 6) is -0.150. The summed E-state index contributed by atoms with van der Waals surface area (Å²) in [4.78, 5) is 18.3. The SMILES string of the molecule is CN1CCC[C@H]1CC(=O)NC(C)(C)COc1ncccc1C(F)F. The van der Waals surface area contributed by atoms with Crippen molar-refractivity contribution < 1.29 is 18.3 Å². The summed E-state index contributed by atoms with van der Waals surface area (Å²) in [6.45, 7) is 4.68. The van der Waals surface area contributed by atoms with E-state index in [0.29, 0.717) is 6.42 Å². The highest BCUT2D eigenvalue weighted by Crippen LogP contribution is 2.27. The van der Waals surface area contributed by atoms with Gasteiger partial charge in [-0.3, -0.25) is 4.79 Å². The smallest absolute Gasteiger partial charge is 0.269 e. The van der Waals surface area contributed by atoms with Gasteiger partial charge in [0.25, 0.3) is 6.43 Å². The average molecular weight is 341 g/mol. The summed E-state index contributed by atoms with van der Waals surface area (Å²) in [5, 5.41) is 2.92. The number of aromatic nitrogens is 1. The zero-order chi connectivity index (χ0) is 17.7. The van der Waals surface area contributed by atoms with Crippen molar-refractivity contribution in [1.82, 2.24) is 15.2 Å². The molecule has 1 aromatic rings. The van der Waals surface area contributed by atoms with Crippen molar-refractivity contribution in [3.05, 3.63) is 23.9 Å². The van der Waals surface area contributed by atoms with Crippen molar-refractivity contribution in [2.75, 3.05) is 20.2 Å². The van der Waals surface area contributed by atoms with Gasteiger partial charge in [0, 0.05) is 18.7 Å². The van der Waals surface area contributed by atoms with Gasteiger partial charge in [-0.2, -0.15) is 0 Å². The number of amides is 1. The van der Waals surface area contributed by atoms with Crippen LogP contribution < -0.4 is 10.1 Å². The second-order valence-corrected chi connectivity index (χ2v) is 6.90. The van der Waals surface area contributed by atoms with E-state index < -0.39 is 12.0 Å². The van der Waals surface area contributed by atoms with Crippen LogP contribution in [0.25, 0.3) is 0 Å². The number of nitrogens with one attached hydrogen (secondary N) is 1. The molecule has 1 aliphatic rings. The minimum Gasteiger partial charge on any atom is -0.475 e. The van der Waals surface area contributed by atoms with E-state index in [2.05, 4.69) is 15.2 Å². The number of hydrogen-bond donors (Lipinski definition) is 1. The molecule has 1 aliphatic heterocycles. The molecule has 7 heteroatoms. The van der Waals surface area contributed by atoms with Crippen molar-refractivity contribution in [3.63, 3.8) is 0 Å². The maximum Gasteiger partial charge on any atom is 0.269 e. The van der Waals surface area contributed by atoms with Crippen molar-refractivity contribution in [2.45, 2.75) is 51.1 Å². The fraction of sp³-hybridized carbons (Fsp3) is 0.647. The molecule has 1 N–H and O–H groups in total. The van der Waals surface area contributed by atoms with Gasteiger partial charge in [-0.25, -0.2) is 13.8 Å². The normalized spacial score (nSPS) is 18.8. The first-order valence-corrected chi connectivity index (χ1v) is 8.15. The Morgan fingerprint density at radius 2 is 2.29 bits per heavy atom. The van der Waals surface area contributed by atoms with Crippen molar-refractivity contribution >= 4 is 5.91 Å². The molecule has 1 atom stereocenters. The predicted octanol–water partition coefficient (Wildman–Crippen LogP) is 2.78. The summed E-state index contributed by atoms with van der Waals surface area (Å²) in [6, 6.07) is 3.00. The monoisotopic (exact) mass is 341 g/mol. The topological polar surface area (TPSA) is 54.5 Å². The molecule has 24 heavy (non-hydrogen) atoms. The van der Waals surface area contributed by atoms with Gasteiger partial charge >= 0.3 is 0 Å². The van der Waals surface area contributed by atoms with Crippen LogP contribution in [-0.2, 0) is 4.79 Å². The zero-order valence-corrected chi connectivity index (χ0v) is 14.4. The number of rotatable bonds is 7. The molecule has 0 radical (unpaired) electrons. The Labute approximate surface area is 141 Å². The van der Waals surface area contributed by atoms with Crippen molar-refractivity contribution in [2.24, 2.45) is 0 Å². The first kappa shape index (κ1) is 18.6. The van der Waals surface area contributed by atoms with Crippen LogP contribution >= 0.6 is 0 Å². The summed E-state index contributed by atoms with van der Waals surface area (Å²) in [5.41, 5.74) is -0.919. The molecule has 0 unspecified atom stereocenters. The Kier molecular flexibility index (Phi) is 6.10. The summed E-state index contributed by atoms with van der Waals surface area (Å²) >= 11 is 0. The predicted molar refractivity (Wildman–Crippen MR) is 87.2 cm³/mol. The standard InChI is InChI=1S/C17H25F2N3O2/c1-17(2,21-14(23)10-12-6-5-9-22(12)3)11-24-16-13(15(18)19)7-4-8-20-16/h4,7-8,12,15H,5-6,9-11H2,1-3H3,(H,21,23)/t12-/m0/s1. The van der Waals surface area contributed by atoms with E-state index in [9.17, 15) is 13.6 Å². The molecule has 134 valence electrons. The van der Waals surface area contributed by atoms with Crippen LogP contribution in [0.3, 0.4) is 0 Å². The molecule has 0 aromatic carbocycles. The van der Waals surface area contributed by atoms with Gasteiger partial charge in [-0.15, -0.1) is 0 Å². The second kappa shape index (κ2) is 7.88. The van der Waals surface area contributed by atoms with E-state index >= 15 is 0 Å². The molecule has 2 heterocycles. The molecular formula is C17H25F2N3O2. The number of hydrogen-bond acceptors (Lipinski definition) is 4. The van der Waals surface area contributed by atoms with Gasteiger partial charge in [0.15, 0.2) is 0 Å². The van der Waals surface area contributed by atoms with E-state index in [1.54, 1.807) is 13.8 Å². The van der Waals surface area contributed by atoms with E-state index in [0.717, 1.165) is 19.4 Å². The van der Waals surface area contributed by atoms with E-state index in [1.807, 2.05) is 7.05 Å². The number of carbonyl (C=O) groups excluding carboxylic acids is 1. The Balaban J connectivity index is 1.88. The summed E-state index contributed by atoms with van der Waals surface area (Å²) in [6.07, 6.45) is 1.32. The van der Waals surface area contributed by atoms with Gasteiger partial charge in [0.05, 0.1) is 11.1 Å². The molecule has 0 saturated carbocycles. The number of ether oxygens (including phenoxy) is 1. The summed E-state index contributed by atoms with van der Waals surface area (Å²) in [7, 11) is 2.02. The number of alkyl halides is 2. The van der Waals surface area contributed by atoms with Crippen LogP contribution in [-0.4, -0.2) is 47.6 Å². The highest BCUT2D eigenvalue weighted by atomic mass is 19.3. The van der Waals surface area contributed by atoms with Gasteiger partial charge in [-0.05, 0) is 52.4 Å². The molecule has 1 fully saturated rings. The second-order valence-electron chi connectivity index (χ2n) is 6.90. The van der Waals surface area contributed by atoms with E-state index in [-0.39, 0.29) is 30.0 Å². The fourth-order valence-electron chi connectivity index (χ4n) is 2.85. The molecule has 0 spiro atoms. The van der Waals surface area contributed by atoms with Crippen LogP contribution in [0.15, 0.2) is 18.3 Å². The molecular weight excluding hydrogens is 316 g/mol. The Bertz CT molecular complexity index is 567. The van der Waals surface area contributed by atoms with Gasteiger partial charge in [-0.1, -0.05) is 0 Å². The first-order chi connectivity index (χ1) is 11.3. The number of halogens is 2. The maximum absolute atomic E-state index is 12.9. The first-order valence-electron chi connectivity index (χ1n) is 8.15. The third-order valence-electron chi connectivity index (χ3n) is 4.18. The summed E-state index contributed by atoms with van der Waals surface area (Å²) < 4.78 is 31.3. The highest BCUT2D eigenvalue weighted by Gasteiger charge is 2.27. The lowest BCUT2D eigenvalue weighted by atomic mass is 10.1. The van der Waals surface area contributed by atoms with Gasteiger partial charge in [0.2, 0.25) is 11.8 Å². The lowest BCUT2D eigenvalue weighted by Crippen LogP contribution is -2.49. The van der Waals surface area contributed by atoms with Crippen LogP contribution in [0, 0.1) is 0 Å². The zero-order valence-electron chi connectivity index (χ0n) is 14.4. The van der Waals surface area contributed by atoms with Crippen molar-refractivity contribution in [1.29, 1.82) is 0 Å². The van der Waals surface area contributed by atoms with Crippen LogP contribution in [0.1, 0.15) is 45.1 Å².